The first kappa shape index (κ1) is 13.7. The van der Waals surface area contributed by atoms with Crippen molar-refractivity contribution in [2.75, 3.05) is 0 Å². The molecule has 2 nitrogen and oxygen atoms in total. The molecule has 0 N–H and O–H groups in total. The molecule has 0 aliphatic carbocycles. The topological polar surface area (TPSA) is 9.86 Å². The van der Waals surface area contributed by atoms with Crippen LogP contribution in [0.1, 0.15) is 0 Å². The first-order valence-electron chi connectivity index (χ1n) is 8.88. The van der Waals surface area contributed by atoms with Gasteiger partial charge in [-0.1, -0.05) is 48.5 Å². The van der Waals surface area contributed by atoms with E-state index < -0.39 is 0 Å². The molecule has 0 saturated heterocycles. The highest BCUT2D eigenvalue weighted by Gasteiger charge is 2.16. The zero-order valence-electron chi connectivity index (χ0n) is 14.1. The predicted octanol–water partition coefficient (Wildman–Crippen LogP) is 6.17. The van der Waals surface area contributed by atoms with Crippen LogP contribution in [-0.2, 0) is 0 Å². The van der Waals surface area contributed by atoms with Gasteiger partial charge in [0, 0.05) is 45.3 Å². The summed E-state index contributed by atoms with van der Waals surface area (Å²) in [6, 6.07) is 30.1. The second-order valence-electron chi connectivity index (χ2n) is 6.77. The summed E-state index contributed by atoms with van der Waals surface area (Å²) in [5.41, 5.74) is 4.91. The molecule has 0 aliphatic rings. The van der Waals surface area contributed by atoms with Gasteiger partial charge in [-0.25, -0.2) is 0 Å². The number of hydrogen-bond donors (Lipinski definition) is 0. The second kappa shape index (κ2) is 4.99. The van der Waals surface area contributed by atoms with Crippen molar-refractivity contribution in [3.63, 3.8) is 0 Å². The minimum atomic E-state index is 1.20. The molecule has 4 aromatic carbocycles. The third-order valence-corrected chi connectivity index (χ3v) is 5.31. The maximum absolute atomic E-state index is 2.30. The van der Waals surface area contributed by atoms with Crippen LogP contribution in [0.5, 0.6) is 0 Å². The third kappa shape index (κ3) is 1.76. The van der Waals surface area contributed by atoms with Gasteiger partial charge in [-0.2, -0.15) is 0 Å². The summed E-state index contributed by atoms with van der Waals surface area (Å²) in [5.74, 6) is 0. The fourth-order valence-electron chi connectivity index (χ4n) is 4.15. The van der Waals surface area contributed by atoms with Gasteiger partial charge in [0.1, 0.15) is 0 Å². The van der Waals surface area contributed by atoms with Gasteiger partial charge in [0.2, 0.25) is 0 Å². The van der Waals surface area contributed by atoms with Crippen LogP contribution in [-0.4, -0.2) is 9.13 Å². The van der Waals surface area contributed by atoms with Crippen LogP contribution in [0.4, 0.5) is 0 Å². The molecule has 0 atom stereocenters. The minimum absolute atomic E-state index is 1.20. The summed E-state index contributed by atoms with van der Waals surface area (Å²) in [6.45, 7) is 0. The van der Waals surface area contributed by atoms with Crippen molar-refractivity contribution >= 4 is 32.6 Å². The molecule has 2 aromatic heterocycles. The minimum Gasteiger partial charge on any atom is -0.316 e. The monoisotopic (exact) mass is 332 g/mol. The van der Waals surface area contributed by atoms with Crippen molar-refractivity contribution in [2.45, 2.75) is 0 Å². The van der Waals surface area contributed by atoms with Crippen LogP contribution < -0.4 is 0 Å². The van der Waals surface area contributed by atoms with Gasteiger partial charge >= 0.3 is 0 Å². The van der Waals surface area contributed by atoms with E-state index in [1.807, 2.05) is 0 Å². The van der Waals surface area contributed by atoms with Crippen LogP contribution in [0.25, 0.3) is 44.0 Å². The van der Waals surface area contributed by atoms with E-state index in [-0.39, 0.29) is 0 Å². The number of rotatable bonds is 2. The Morgan fingerprint density at radius 2 is 0.846 bits per heavy atom. The fourth-order valence-corrected chi connectivity index (χ4v) is 4.15. The molecular weight excluding hydrogens is 316 g/mol. The first-order valence-corrected chi connectivity index (χ1v) is 8.88. The normalized spacial score (nSPS) is 11.8. The summed E-state index contributed by atoms with van der Waals surface area (Å²) in [7, 11) is 0. The first-order chi connectivity index (χ1) is 12.9. The fraction of sp³-hybridized carbons (Fsp3) is 0. The quantitative estimate of drug-likeness (QED) is 0.359. The highest BCUT2D eigenvalue weighted by molar-refractivity contribution is 6.23. The molecule has 0 saturated carbocycles. The summed E-state index contributed by atoms with van der Waals surface area (Å²) < 4.78 is 4.59. The van der Waals surface area contributed by atoms with Crippen molar-refractivity contribution in [3.05, 3.63) is 97.3 Å². The summed E-state index contributed by atoms with van der Waals surface area (Å²) >= 11 is 0. The predicted molar refractivity (Wildman–Crippen MR) is 109 cm³/mol. The Bertz CT molecular complexity index is 1250. The van der Waals surface area contributed by atoms with E-state index >= 15 is 0 Å². The molecule has 2 heteroatoms. The van der Waals surface area contributed by atoms with Gasteiger partial charge in [0.15, 0.2) is 0 Å². The number of hydrogen-bond acceptors (Lipinski definition) is 0. The SMILES string of the molecule is c1ccc(-n2cc3ccc4c5c(ccc2c35)cn4-c2ccccc2)cc1. The van der Waals surface area contributed by atoms with E-state index in [0.29, 0.717) is 0 Å². The molecule has 26 heavy (non-hydrogen) atoms. The van der Waals surface area contributed by atoms with Gasteiger partial charge in [-0.05, 0) is 36.4 Å². The van der Waals surface area contributed by atoms with E-state index in [2.05, 4.69) is 106 Å². The number of aromatic nitrogens is 2. The van der Waals surface area contributed by atoms with E-state index in [1.165, 1.54) is 44.0 Å². The highest BCUT2D eigenvalue weighted by atomic mass is 15.0. The van der Waals surface area contributed by atoms with Crippen LogP contribution >= 0.6 is 0 Å². The van der Waals surface area contributed by atoms with E-state index in [1.54, 1.807) is 0 Å². The molecule has 2 heterocycles. The van der Waals surface area contributed by atoms with Gasteiger partial charge in [-0.3, -0.25) is 0 Å². The molecule has 0 fully saturated rings. The van der Waals surface area contributed by atoms with Crippen molar-refractivity contribution < 1.29 is 0 Å². The van der Waals surface area contributed by atoms with Crippen molar-refractivity contribution in [1.82, 2.24) is 9.13 Å². The summed E-state index contributed by atoms with van der Waals surface area (Å²) in [6.07, 6.45) is 4.50. The smallest absolute Gasteiger partial charge is 0.0541 e. The highest BCUT2D eigenvalue weighted by Crippen LogP contribution is 2.38. The maximum Gasteiger partial charge on any atom is 0.0541 e. The Kier molecular flexibility index (Phi) is 2.64. The summed E-state index contributed by atoms with van der Waals surface area (Å²) in [4.78, 5) is 0. The van der Waals surface area contributed by atoms with Crippen LogP contribution in [0.3, 0.4) is 0 Å². The van der Waals surface area contributed by atoms with Gasteiger partial charge < -0.3 is 9.13 Å². The lowest BCUT2D eigenvalue weighted by Gasteiger charge is -2.06. The standard InChI is InChI=1S/C24H16N2/c1-3-7-19(8-4-1)25-15-17-12-14-22-24-18(11-13-21(25)23(17)24)16-26(22)20-9-5-2-6-10-20/h1-16H. The molecule has 0 spiro atoms. The Morgan fingerprint density at radius 1 is 0.423 bits per heavy atom. The van der Waals surface area contributed by atoms with Crippen LogP contribution in [0.2, 0.25) is 0 Å². The van der Waals surface area contributed by atoms with Gasteiger partial charge in [0.05, 0.1) is 11.0 Å². The number of nitrogens with zero attached hydrogens (tertiary/aromatic N) is 2. The molecule has 0 radical (unpaired) electrons. The van der Waals surface area contributed by atoms with Crippen molar-refractivity contribution in [3.8, 4) is 11.4 Å². The Morgan fingerprint density at radius 3 is 1.27 bits per heavy atom. The second-order valence-corrected chi connectivity index (χ2v) is 6.77. The molecule has 0 bridgehead atoms. The lowest BCUT2D eigenvalue weighted by Crippen LogP contribution is -1.90. The largest absolute Gasteiger partial charge is 0.316 e. The average Bonchev–Trinajstić information content (AvgIpc) is 3.27. The maximum atomic E-state index is 2.30. The molecule has 122 valence electrons. The van der Waals surface area contributed by atoms with E-state index in [4.69, 9.17) is 0 Å². The lowest BCUT2D eigenvalue weighted by atomic mass is 10.1. The molecule has 0 amide bonds. The van der Waals surface area contributed by atoms with Crippen LogP contribution in [0, 0.1) is 0 Å². The number of para-hydroxylation sites is 2. The Labute approximate surface area is 150 Å². The summed E-state index contributed by atoms with van der Waals surface area (Å²) in [5, 5.41) is 5.26. The van der Waals surface area contributed by atoms with Crippen LogP contribution in [0.15, 0.2) is 97.3 Å². The van der Waals surface area contributed by atoms with E-state index in [9.17, 15) is 0 Å². The molecule has 0 unspecified atom stereocenters. The molecule has 6 rings (SSSR count). The Balaban J connectivity index is 1.73. The van der Waals surface area contributed by atoms with Gasteiger partial charge in [0.25, 0.3) is 0 Å². The van der Waals surface area contributed by atoms with Crippen molar-refractivity contribution in [1.29, 1.82) is 0 Å². The molecule has 6 aromatic rings. The molecule has 0 aliphatic heterocycles. The van der Waals surface area contributed by atoms with Crippen molar-refractivity contribution in [2.24, 2.45) is 0 Å². The zero-order valence-corrected chi connectivity index (χ0v) is 14.1. The zero-order chi connectivity index (χ0) is 17.1. The van der Waals surface area contributed by atoms with Gasteiger partial charge in [-0.15, -0.1) is 0 Å². The van der Waals surface area contributed by atoms with E-state index in [0.717, 1.165) is 0 Å². The average molecular weight is 332 g/mol. The number of benzene rings is 4. The Hall–Kier alpha value is -3.52. The lowest BCUT2D eigenvalue weighted by molar-refractivity contribution is 1.13. The third-order valence-electron chi connectivity index (χ3n) is 5.31. The molecular formula is C24H16N2.